The van der Waals surface area contributed by atoms with Gasteiger partial charge in [0.15, 0.2) is 0 Å². The van der Waals surface area contributed by atoms with Crippen molar-refractivity contribution in [2.24, 2.45) is 11.7 Å². The summed E-state index contributed by atoms with van der Waals surface area (Å²) in [5, 5.41) is 0. The van der Waals surface area contributed by atoms with Gasteiger partial charge in [0, 0.05) is 32.2 Å². The van der Waals surface area contributed by atoms with Gasteiger partial charge in [-0.1, -0.05) is 19.3 Å². The highest BCUT2D eigenvalue weighted by atomic mass is 16.5. The van der Waals surface area contributed by atoms with Crippen molar-refractivity contribution in [1.82, 2.24) is 4.90 Å². The largest absolute Gasteiger partial charge is 0.379 e. The van der Waals surface area contributed by atoms with Gasteiger partial charge in [-0.25, -0.2) is 0 Å². The zero-order chi connectivity index (χ0) is 13.7. The third-order valence-electron chi connectivity index (χ3n) is 4.40. The zero-order valence-electron chi connectivity index (χ0n) is 12.2. The van der Waals surface area contributed by atoms with E-state index in [-0.39, 0.29) is 11.4 Å². The molecule has 0 aromatic heterocycles. The average molecular weight is 268 g/mol. The number of rotatable bonds is 7. The molecule has 0 heterocycles. The molecule has 2 N–H and O–H groups in total. The number of carbonyl (C=O) groups is 1. The number of hydrogen-bond acceptors (Lipinski definition) is 3. The Morgan fingerprint density at radius 3 is 2.63 bits per heavy atom. The highest BCUT2D eigenvalue weighted by molar-refractivity contribution is 5.77. The first-order valence-electron chi connectivity index (χ1n) is 7.70. The van der Waals surface area contributed by atoms with Crippen LogP contribution in [0.4, 0.5) is 0 Å². The van der Waals surface area contributed by atoms with Crippen molar-refractivity contribution in [3.05, 3.63) is 0 Å². The van der Waals surface area contributed by atoms with Crippen LogP contribution in [0.2, 0.25) is 0 Å². The molecule has 0 aliphatic heterocycles. The molecule has 0 spiro atoms. The van der Waals surface area contributed by atoms with Crippen LogP contribution in [0.15, 0.2) is 0 Å². The van der Waals surface area contributed by atoms with E-state index in [0.29, 0.717) is 19.6 Å². The van der Waals surface area contributed by atoms with E-state index in [0.717, 1.165) is 38.2 Å². The average Bonchev–Trinajstić information content (AvgIpc) is 3.18. The minimum Gasteiger partial charge on any atom is -0.379 e. The molecule has 0 unspecified atom stereocenters. The minimum atomic E-state index is -0.252. The number of amides is 1. The summed E-state index contributed by atoms with van der Waals surface area (Å²) in [6.07, 6.45) is 8.69. The fraction of sp³-hybridized carbons (Fsp3) is 0.933. The van der Waals surface area contributed by atoms with E-state index in [9.17, 15) is 4.79 Å². The fourth-order valence-corrected chi connectivity index (χ4v) is 2.73. The lowest BCUT2D eigenvalue weighted by molar-refractivity contribution is -0.132. The lowest BCUT2D eigenvalue weighted by atomic mass is 9.80. The molecule has 2 saturated carbocycles. The SMILES string of the molecule is CN(CCOCC1CC1)C(=O)CC1(N)CCCCC1. The van der Waals surface area contributed by atoms with Crippen molar-refractivity contribution >= 4 is 5.91 Å². The van der Waals surface area contributed by atoms with Crippen molar-refractivity contribution in [3.63, 3.8) is 0 Å². The van der Waals surface area contributed by atoms with Gasteiger partial charge < -0.3 is 15.4 Å². The van der Waals surface area contributed by atoms with Crippen LogP contribution in [0.3, 0.4) is 0 Å². The van der Waals surface area contributed by atoms with E-state index in [1.54, 1.807) is 4.90 Å². The lowest BCUT2D eigenvalue weighted by Gasteiger charge is -2.34. The summed E-state index contributed by atoms with van der Waals surface area (Å²) in [5.74, 6) is 0.954. The quantitative estimate of drug-likeness (QED) is 0.718. The molecule has 19 heavy (non-hydrogen) atoms. The Balaban J connectivity index is 1.62. The summed E-state index contributed by atoms with van der Waals surface area (Å²) < 4.78 is 5.57. The number of hydrogen-bond donors (Lipinski definition) is 1. The molecule has 110 valence electrons. The molecule has 4 heteroatoms. The highest BCUT2D eigenvalue weighted by Gasteiger charge is 2.31. The fourth-order valence-electron chi connectivity index (χ4n) is 2.73. The van der Waals surface area contributed by atoms with E-state index >= 15 is 0 Å². The summed E-state index contributed by atoms with van der Waals surface area (Å²) in [6, 6.07) is 0. The van der Waals surface area contributed by atoms with Gasteiger partial charge in [0.05, 0.1) is 6.61 Å². The Hall–Kier alpha value is -0.610. The van der Waals surface area contributed by atoms with Crippen LogP contribution in [0.1, 0.15) is 51.4 Å². The predicted molar refractivity (Wildman–Crippen MR) is 75.8 cm³/mol. The van der Waals surface area contributed by atoms with Crippen LogP contribution in [0.25, 0.3) is 0 Å². The molecule has 0 saturated heterocycles. The van der Waals surface area contributed by atoms with Crippen LogP contribution >= 0.6 is 0 Å². The highest BCUT2D eigenvalue weighted by Crippen LogP contribution is 2.29. The lowest BCUT2D eigenvalue weighted by Crippen LogP contribution is -2.46. The molecule has 2 aliphatic rings. The summed E-state index contributed by atoms with van der Waals surface area (Å²) in [4.78, 5) is 13.9. The second kappa shape index (κ2) is 6.71. The minimum absolute atomic E-state index is 0.166. The molecule has 0 aromatic carbocycles. The van der Waals surface area contributed by atoms with Crippen LogP contribution in [0.5, 0.6) is 0 Å². The maximum atomic E-state index is 12.1. The van der Waals surface area contributed by atoms with Gasteiger partial charge in [-0.2, -0.15) is 0 Å². The van der Waals surface area contributed by atoms with Crippen molar-refractivity contribution in [2.45, 2.75) is 56.9 Å². The van der Waals surface area contributed by atoms with Crippen molar-refractivity contribution in [1.29, 1.82) is 0 Å². The smallest absolute Gasteiger partial charge is 0.224 e. The third kappa shape index (κ3) is 5.11. The topological polar surface area (TPSA) is 55.6 Å². The standard InChI is InChI=1S/C15H28N2O2/c1-17(9-10-19-12-13-5-6-13)14(18)11-15(16)7-3-2-4-8-15/h13H,2-12,16H2,1H3. The molecule has 0 bridgehead atoms. The molecule has 4 nitrogen and oxygen atoms in total. The van der Waals surface area contributed by atoms with Crippen LogP contribution < -0.4 is 5.73 Å². The van der Waals surface area contributed by atoms with Gasteiger partial charge in [0.25, 0.3) is 0 Å². The monoisotopic (exact) mass is 268 g/mol. The van der Waals surface area contributed by atoms with Gasteiger partial charge in [0.2, 0.25) is 5.91 Å². The van der Waals surface area contributed by atoms with Gasteiger partial charge in [-0.05, 0) is 31.6 Å². The van der Waals surface area contributed by atoms with Crippen LogP contribution in [0, 0.1) is 5.92 Å². The number of likely N-dealkylation sites (N-methyl/N-ethyl adjacent to an activating group) is 1. The number of carbonyl (C=O) groups excluding carboxylic acids is 1. The normalized spacial score (nSPS) is 22.2. The summed E-state index contributed by atoms with van der Waals surface area (Å²) >= 11 is 0. The maximum Gasteiger partial charge on any atom is 0.224 e. The second-order valence-electron chi connectivity index (χ2n) is 6.43. The Bertz CT molecular complexity index is 297. The second-order valence-corrected chi connectivity index (χ2v) is 6.43. The van der Waals surface area contributed by atoms with Crippen LogP contribution in [-0.4, -0.2) is 43.2 Å². The number of nitrogens with zero attached hydrogens (tertiary/aromatic N) is 1. The first kappa shape index (κ1) is 14.8. The molecule has 2 rings (SSSR count). The van der Waals surface area contributed by atoms with E-state index in [1.807, 2.05) is 7.05 Å². The molecule has 0 radical (unpaired) electrons. The van der Waals surface area contributed by atoms with Gasteiger partial charge >= 0.3 is 0 Å². The summed E-state index contributed by atoms with van der Waals surface area (Å²) in [7, 11) is 1.86. The first-order valence-corrected chi connectivity index (χ1v) is 7.70. The Morgan fingerprint density at radius 2 is 2.00 bits per heavy atom. The Labute approximate surface area is 116 Å². The van der Waals surface area contributed by atoms with Gasteiger partial charge in [-0.3, -0.25) is 4.79 Å². The molecule has 1 amide bonds. The Kier molecular flexibility index (Phi) is 5.22. The Morgan fingerprint density at radius 1 is 1.32 bits per heavy atom. The number of ether oxygens (including phenoxy) is 1. The third-order valence-corrected chi connectivity index (χ3v) is 4.40. The maximum absolute atomic E-state index is 12.1. The van der Waals surface area contributed by atoms with Crippen molar-refractivity contribution < 1.29 is 9.53 Å². The van der Waals surface area contributed by atoms with Crippen molar-refractivity contribution in [2.75, 3.05) is 26.8 Å². The summed E-state index contributed by atoms with van der Waals surface area (Å²) in [5.41, 5.74) is 6.07. The summed E-state index contributed by atoms with van der Waals surface area (Å²) in [6.45, 7) is 2.20. The molecule has 0 aromatic rings. The van der Waals surface area contributed by atoms with E-state index in [1.165, 1.54) is 19.3 Å². The first-order chi connectivity index (χ1) is 9.09. The molecule has 2 aliphatic carbocycles. The van der Waals surface area contributed by atoms with E-state index in [2.05, 4.69) is 0 Å². The molecule has 0 atom stereocenters. The molecular weight excluding hydrogens is 240 g/mol. The van der Waals surface area contributed by atoms with Gasteiger partial charge in [0.1, 0.15) is 0 Å². The zero-order valence-corrected chi connectivity index (χ0v) is 12.2. The van der Waals surface area contributed by atoms with Crippen LogP contribution in [-0.2, 0) is 9.53 Å². The molecular formula is C15H28N2O2. The van der Waals surface area contributed by atoms with Crippen molar-refractivity contribution in [3.8, 4) is 0 Å². The van der Waals surface area contributed by atoms with E-state index in [4.69, 9.17) is 10.5 Å². The number of nitrogens with two attached hydrogens (primary N) is 1. The van der Waals surface area contributed by atoms with Gasteiger partial charge in [-0.15, -0.1) is 0 Å². The van der Waals surface area contributed by atoms with E-state index < -0.39 is 0 Å². The molecule has 2 fully saturated rings. The predicted octanol–water partition coefficient (Wildman–Crippen LogP) is 1.92.